The first-order valence-corrected chi connectivity index (χ1v) is 12.0. The number of ether oxygens (including phenoxy) is 3. The molecule has 0 spiro atoms. The van der Waals surface area contributed by atoms with Crippen molar-refractivity contribution in [2.45, 2.75) is 37.0 Å². The van der Waals surface area contributed by atoms with Crippen molar-refractivity contribution in [3.8, 4) is 11.5 Å². The largest absolute Gasteiger partial charge is 0.486 e. The highest BCUT2D eigenvalue weighted by atomic mass is 32.2. The number of esters is 1. The van der Waals surface area contributed by atoms with Gasteiger partial charge in [-0.25, -0.2) is 8.42 Å². The van der Waals surface area contributed by atoms with Gasteiger partial charge in [-0.3, -0.25) is 9.59 Å². The zero-order chi connectivity index (χ0) is 21.8. The quantitative estimate of drug-likeness (QED) is 0.479. The van der Waals surface area contributed by atoms with Gasteiger partial charge < -0.3 is 14.2 Å². The summed E-state index contributed by atoms with van der Waals surface area (Å²) in [7, 11) is -3.71. The first kappa shape index (κ1) is 21.4. The van der Waals surface area contributed by atoms with Gasteiger partial charge in [-0.05, 0) is 55.0 Å². The van der Waals surface area contributed by atoms with Crippen LogP contribution < -0.4 is 9.47 Å². The monoisotopic (exact) mass is 444 g/mol. The Bertz CT molecular complexity index is 1100. The zero-order valence-electron chi connectivity index (χ0n) is 17.1. The zero-order valence-corrected chi connectivity index (χ0v) is 17.9. The Hall–Kier alpha value is -2.87. The molecule has 2 aromatic carbocycles. The second-order valence-corrected chi connectivity index (χ2v) is 9.76. The summed E-state index contributed by atoms with van der Waals surface area (Å²) in [5.41, 5.74) is 2.95. The fraction of sp³-hybridized carbons (Fsp3) is 0.391. The van der Waals surface area contributed by atoms with Crippen LogP contribution in [-0.4, -0.2) is 45.7 Å². The number of carbonyl (C=O) groups excluding carboxylic acids is 2. The van der Waals surface area contributed by atoms with Gasteiger partial charge in [0.1, 0.15) is 13.2 Å². The van der Waals surface area contributed by atoms with Crippen molar-refractivity contribution in [1.82, 2.24) is 0 Å². The van der Waals surface area contributed by atoms with Gasteiger partial charge >= 0.3 is 5.97 Å². The van der Waals surface area contributed by atoms with E-state index in [4.69, 9.17) is 14.2 Å². The number of carbonyl (C=O) groups is 2. The number of hydrogen-bond donors (Lipinski definition) is 0. The molecule has 0 fully saturated rings. The predicted molar refractivity (Wildman–Crippen MR) is 112 cm³/mol. The minimum atomic E-state index is -3.71. The Kier molecular flexibility index (Phi) is 6.27. The standard InChI is InChI=1S/C23H24O7S/c24-20(18-6-5-16-3-1-2-4-17(16)13-18)15-30-23(25)9-12-31(26,27)19-7-8-21-22(14-19)29-11-10-28-21/h5-8,13-14H,1-4,9-12,15H2. The third-order valence-electron chi connectivity index (χ3n) is 5.48. The van der Waals surface area contributed by atoms with E-state index < -0.39 is 28.2 Å². The second kappa shape index (κ2) is 9.09. The van der Waals surface area contributed by atoms with E-state index in [1.165, 1.54) is 29.3 Å². The Morgan fingerprint density at radius 2 is 1.65 bits per heavy atom. The Balaban J connectivity index is 1.30. The van der Waals surface area contributed by atoms with Crippen LogP contribution in [0.5, 0.6) is 11.5 Å². The van der Waals surface area contributed by atoms with E-state index in [2.05, 4.69) is 0 Å². The molecule has 0 aromatic heterocycles. The third kappa shape index (κ3) is 5.07. The molecular formula is C23H24O7S. The summed E-state index contributed by atoms with van der Waals surface area (Å²) in [6.45, 7) is 0.359. The summed E-state index contributed by atoms with van der Waals surface area (Å²) in [6.07, 6.45) is 3.91. The molecule has 7 nitrogen and oxygen atoms in total. The number of fused-ring (bicyclic) bond motifs is 2. The van der Waals surface area contributed by atoms with Crippen molar-refractivity contribution in [3.63, 3.8) is 0 Å². The average Bonchev–Trinajstić information content (AvgIpc) is 2.80. The van der Waals surface area contributed by atoms with Gasteiger partial charge in [0, 0.05) is 11.6 Å². The van der Waals surface area contributed by atoms with Gasteiger partial charge in [0.25, 0.3) is 0 Å². The van der Waals surface area contributed by atoms with Crippen LogP contribution in [-0.2, 0) is 32.2 Å². The lowest BCUT2D eigenvalue weighted by Crippen LogP contribution is -2.18. The maximum Gasteiger partial charge on any atom is 0.307 e. The molecule has 8 heteroatoms. The number of hydrogen-bond acceptors (Lipinski definition) is 7. The van der Waals surface area contributed by atoms with E-state index in [1.807, 2.05) is 12.1 Å². The number of rotatable bonds is 7. The van der Waals surface area contributed by atoms with Crippen molar-refractivity contribution in [1.29, 1.82) is 0 Å². The predicted octanol–water partition coefficient (Wildman–Crippen LogP) is 2.93. The maximum absolute atomic E-state index is 12.5. The fourth-order valence-electron chi connectivity index (χ4n) is 3.76. The highest BCUT2D eigenvalue weighted by Gasteiger charge is 2.21. The normalized spacial score (nSPS) is 15.1. The van der Waals surface area contributed by atoms with Crippen LogP contribution in [0.2, 0.25) is 0 Å². The van der Waals surface area contributed by atoms with Crippen molar-refractivity contribution in [2.75, 3.05) is 25.6 Å². The van der Waals surface area contributed by atoms with E-state index in [1.54, 1.807) is 6.07 Å². The molecule has 0 amide bonds. The number of aryl methyl sites for hydroxylation is 2. The molecule has 0 atom stereocenters. The summed E-state index contributed by atoms with van der Waals surface area (Å²) in [6, 6.07) is 9.95. The minimum absolute atomic E-state index is 0.0506. The molecule has 4 rings (SSSR count). The maximum atomic E-state index is 12.5. The third-order valence-corrected chi connectivity index (χ3v) is 7.20. The second-order valence-electron chi connectivity index (χ2n) is 7.65. The first-order chi connectivity index (χ1) is 14.9. The molecule has 2 aliphatic rings. The lowest BCUT2D eigenvalue weighted by Gasteiger charge is -2.18. The summed E-state index contributed by atoms with van der Waals surface area (Å²) in [5, 5.41) is 0. The van der Waals surface area contributed by atoms with Crippen molar-refractivity contribution in [3.05, 3.63) is 53.1 Å². The van der Waals surface area contributed by atoms with E-state index in [0.29, 0.717) is 30.3 Å². The summed E-state index contributed by atoms with van der Waals surface area (Å²) in [4.78, 5) is 24.5. The van der Waals surface area contributed by atoms with Crippen LogP contribution in [0, 0.1) is 0 Å². The molecule has 1 aliphatic heterocycles. The van der Waals surface area contributed by atoms with Gasteiger partial charge in [-0.2, -0.15) is 0 Å². The lowest BCUT2D eigenvalue weighted by molar-refractivity contribution is -0.142. The molecule has 0 radical (unpaired) electrons. The summed E-state index contributed by atoms with van der Waals surface area (Å²) >= 11 is 0. The van der Waals surface area contributed by atoms with Gasteiger partial charge in [-0.15, -0.1) is 0 Å². The number of sulfone groups is 1. The van der Waals surface area contributed by atoms with E-state index in [0.717, 1.165) is 25.7 Å². The lowest BCUT2D eigenvalue weighted by atomic mass is 9.90. The molecule has 1 aliphatic carbocycles. The van der Waals surface area contributed by atoms with Crippen LogP contribution in [0.25, 0.3) is 0 Å². The molecular weight excluding hydrogens is 420 g/mol. The molecule has 0 saturated carbocycles. The van der Waals surface area contributed by atoms with Gasteiger partial charge in [0.2, 0.25) is 0 Å². The van der Waals surface area contributed by atoms with E-state index >= 15 is 0 Å². The number of benzene rings is 2. The summed E-state index contributed by atoms with van der Waals surface area (Å²) in [5.74, 6) is -0.585. The highest BCUT2D eigenvalue weighted by molar-refractivity contribution is 7.91. The molecule has 0 saturated heterocycles. The molecule has 1 heterocycles. The minimum Gasteiger partial charge on any atom is -0.486 e. The van der Waals surface area contributed by atoms with Crippen molar-refractivity contribution < 1.29 is 32.2 Å². The van der Waals surface area contributed by atoms with Crippen molar-refractivity contribution >= 4 is 21.6 Å². The topological polar surface area (TPSA) is 96.0 Å². The number of ketones is 1. The van der Waals surface area contributed by atoms with Crippen LogP contribution in [0.1, 0.15) is 40.7 Å². The number of Topliss-reactive ketones (excluding diaryl/α,β-unsaturated/α-hetero) is 1. The Morgan fingerprint density at radius 3 is 2.45 bits per heavy atom. The molecule has 164 valence electrons. The molecule has 0 bridgehead atoms. The van der Waals surface area contributed by atoms with Gasteiger partial charge in [-0.1, -0.05) is 12.1 Å². The SMILES string of the molecule is O=C(CCS(=O)(=O)c1ccc2c(c1)OCCO2)OCC(=O)c1ccc2c(c1)CCCC2. The molecule has 2 aromatic rings. The smallest absolute Gasteiger partial charge is 0.307 e. The first-order valence-electron chi connectivity index (χ1n) is 10.4. The average molecular weight is 445 g/mol. The molecule has 31 heavy (non-hydrogen) atoms. The van der Waals surface area contributed by atoms with Crippen LogP contribution >= 0.6 is 0 Å². The van der Waals surface area contributed by atoms with Gasteiger partial charge in [0.05, 0.1) is 17.1 Å². The van der Waals surface area contributed by atoms with Crippen LogP contribution in [0.3, 0.4) is 0 Å². The van der Waals surface area contributed by atoms with Crippen LogP contribution in [0.4, 0.5) is 0 Å². The van der Waals surface area contributed by atoms with Gasteiger partial charge in [0.15, 0.2) is 33.7 Å². The molecule has 0 unspecified atom stereocenters. The highest BCUT2D eigenvalue weighted by Crippen LogP contribution is 2.32. The summed E-state index contributed by atoms with van der Waals surface area (Å²) < 4.78 is 40.9. The fourth-order valence-corrected chi connectivity index (χ4v) is 4.99. The Labute approximate surface area is 181 Å². The van der Waals surface area contributed by atoms with E-state index in [-0.39, 0.29) is 17.1 Å². The Morgan fingerprint density at radius 1 is 0.903 bits per heavy atom. The van der Waals surface area contributed by atoms with Crippen molar-refractivity contribution in [2.24, 2.45) is 0 Å². The molecule has 0 N–H and O–H groups in total. The van der Waals surface area contributed by atoms with Crippen LogP contribution in [0.15, 0.2) is 41.3 Å². The van der Waals surface area contributed by atoms with E-state index in [9.17, 15) is 18.0 Å².